The Morgan fingerprint density at radius 1 is 1.30 bits per heavy atom. The number of hydrogen-bond acceptors (Lipinski definition) is 2. The third-order valence-electron chi connectivity index (χ3n) is 4.01. The Labute approximate surface area is 127 Å². The largest absolute Gasteiger partial charge is 0.347 e. The molecule has 0 aliphatic heterocycles. The Morgan fingerprint density at radius 3 is 2.60 bits per heavy atom. The molecule has 0 radical (unpaired) electrons. The number of carbonyl (C=O) groups excluding carboxylic acids is 1. The summed E-state index contributed by atoms with van der Waals surface area (Å²) in [5.74, 6) is 0.151. The quantitative estimate of drug-likeness (QED) is 0.877. The zero-order valence-electron chi connectivity index (χ0n) is 12.4. The average Bonchev–Trinajstić information content (AvgIpc) is 2.86. The monoisotopic (exact) mass is 296 g/mol. The number of rotatable bonds is 5. The summed E-state index contributed by atoms with van der Waals surface area (Å²) in [5, 5.41) is 6.32. The van der Waals surface area contributed by atoms with E-state index in [1.807, 2.05) is 7.05 Å². The van der Waals surface area contributed by atoms with Crippen molar-refractivity contribution < 1.29 is 4.79 Å². The first-order chi connectivity index (χ1) is 9.16. The summed E-state index contributed by atoms with van der Waals surface area (Å²) in [7, 11) is 1.87. The Balaban J connectivity index is 0.00000200. The van der Waals surface area contributed by atoms with Gasteiger partial charge in [-0.2, -0.15) is 0 Å². The lowest BCUT2D eigenvalue weighted by Crippen LogP contribution is -2.44. The molecule has 0 heterocycles. The SMILES string of the molecule is CNCCC(=O)NC1(c2cccc(C)c2)CCCC1.Cl. The molecule has 0 bridgehead atoms. The highest BCUT2D eigenvalue weighted by Crippen LogP contribution is 2.39. The van der Waals surface area contributed by atoms with Gasteiger partial charge in [-0.05, 0) is 32.4 Å². The van der Waals surface area contributed by atoms with Crippen LogP contribution in [0.2, 0.25) is 0 Å². The molecular weight excluding hydrogens is 272 g/mol. The Morgan fingerprint density at radius 2 is 2.00 bits per heavy atom. The predicted molar refractivity (Wildman–Crippen MR) is 85.3 cm³/mol. The topological polar surface area (TPSA) is 41.1 Å². The molecule has 2 N–H and O–H groups in total. The van der Waals surface area contributed by atoms with Crippen LogP contribution in [-0.2, 0) is 10.3 Å². The van der Waals surface area contributed by atoms with Gasteiger partial charge in [0.1, 0.15) is 0 Å². The van der Waals surface area contributed by atoms with Crippen LogP contribution in [0.25, 0.3) is 0 Å². The normalized spacial score (nSPS) is 16.5. The third kappa shape index (κ3) is 3.97. The van der Waals surface area contributed by atoms with Gasteiger partial charge >= 0.3 is 0 Å². The summed E-state index contributed by atoms with van der Waals surface area (Å²) < 4.78 is 0. The van der Waals surface area contributed by atoms with E-state index in [1.54, 1.807) is 0 Å². The van der Waals surface area contributed by atoms with Crippen molar-refractivity contribution in [2.45, 2.75) is 44.6 Å². The lowest BCUT2D eigenvalue weighted by molar-refractivity contribution is -0.123. The van der Waals surface area contributed by atoms with Crippen LogP contribution in [0.4, 0.5) is 0 Å². The molecule has 1 fully saturated rings. The fraction of sp³-hybridized carbons (Fsp3) is 0.562. The maximum atomic E-state index is 12.1. The van der Waals surface area contributed by atoms with E-state index in [4.69, 9.17) is 0 Å². The predicted octanol–water partition coefficient (Wildman–Crippen LogP) is 2.91. The van der Waals surface area contributed by atoms with Gasteiger partial charge < -0.3 is 10.6 Å². The van der Waals surface area contributed by atoms with E-state index in [-0.39, 0.29) is 23.9 Å². The summed E-state index contributed by atoms with van der Waals surface area (Å²) in [5.41, 5.74) is 2.40. The van der Waals surface area contributed by atoms with E-state index in [0.717, 1.165) is 19.4 Å². The van der Waals surface area contributed by atoms with Gasteiger partial charge in [0.05, 0.1) is 5.54 Å². The van der Waals surface area contributed by atoms with Crippen molar-refractivity contribution >= 4 is 18.3 Å². The summed E-state index contributed by atoms with van der Waals surface area (Å²) in [6.07, 6.45) is 5.05. The molecule has 0 spiro atoms. The minimum Gasteiger partial charge on any atom is -0.347 e. The molecule has 20 heavy (non-hydrogen) atoms. The van der Waals surface area contributed by atoms with Gasteiger partial charge in [-0.1, -0.05) is 42.7 Å². The van der Waals surface area contributed by atoms with E-state index in [0.29, 0.717) is 6.42 Å². The van der Waals surface area contributed by atoms with Crippen LogP contribution in [-0.4, -0.2) is 19.5 Å². The second-order valence-corrected chi connectivity index (χ2v) is 5.56. The van der Waals surface area contributed by atoms with Gasteiger partial charge in [0.25, 0.3) is 0 Å². The summed E-state index contributed by atoms with van der Waals surface area (Å²) in [4.78, 5) is 12.1. The van der Waals surface area contributed by atoms with Crippen molar-refractivity contribution in [2.75, 3.05) is 13.6 Å². The molecule has 0 saturated heterocycles. The van der Waals surface area contributed by atoms with E-state index in [1.165, 1.54) is 24.0 Å². The second-order valence-electron chi connectivity index (χ2n) is 5.56. The molecule has 0 atom stereocenters. The van der Waals surface area contributed by atoms with Gasteiger partial charge in [-0.15, -0.1) is 12.4 Å². The highest BCUT2D eigenvalue weighted by atomic mass is 35.5. The van der Waals surface area contributed by atoms with Crippen molar-refractivity contribution in [1.82, 2.24) is 10.6 Å². The fourth-order valence-electron chi connectivity index (χ4n) is 2.98. The smallest absolute Gasteiger partial charge is 0.221 e. The van der Waals surface area contributed by atoms with Gasteiger partial charge in [-0.3, -0.25) is 4.79 Å². The first-order valence-electron chi connectivity index (χ1n) is 7.19. The molecule has 0 unspecified atom stereocenters. The number of hydrogen-bond donors (Lipinski definition) is 2. The van der Waals surface area contributed by atoms with Gasteiger partial charge in [0, 0.05) is 13.0 Å². The zero-order valence-corrected chi connectivity index (χ0v) is 13.2. The molecule has 4 heteroatoms. The standard InChI is InChI=1S/C16H24N2O.ClH/c1-13-6-5-7-14(12-13)16(9-3-4-10-16)18-15(19)8-11-17-2;/h5-7,12,17H,3-4,8-11H2,1-2H3,(H,18,19);1H. The van der Waals surface area contributed by atoms with Crippen LogP contribution < -0.4 is 10.6 Å². The van der Waals surface area contributed by atoms with Crippen LogP contribution in [0.5, 0.6) is 0 Å². The first kappa shape index (κ1) is 17.0. The van der Waals surface area contributed by atoms with Crippen molar-refractivity contribution in [3.8, 4) is 0 Å². The molecule has 0 aromatic heterocycles. The molecule has 3 nitrogen and oxygen atoms in total. The Bertz CT molecular complexity index is 442. The first-order valence-corrected chi connectivity index (χ1v) is 7.19. The molecule has 1 aromatic rings. The molecule has 1 aliphatic rings. The molecule has 1 saturated carbocycles. The molecule has 1 amide bonds. The maximum Gasteiger partial charge on any atom is 0.221 e. The van der Waals surface area contributed by atoms with Crippen LogP contribution in [0.1, 0.15) is 43.2 Å². The van der Waals surface area contributed by atoms with E-state index in [2.05, 4.69) is 41.8 Å². The van der Waals surface area contributed by atoms with Gasteiger partial charge in [0.15, 0.2) is 0 Å². The number of amides is 1. The van der Waals surface area contributed by atoms with Crippen molar-refractivity contribution in [3.63, 3.8) is 0 Å². The lowest BCUT2D eigenvalue weighted by atomic mass is 9.87. The molecule has 1 aromatic carbocycles. The number of carbonyl (C=O) groups is 1. The molecule has 112 valence electrons. The maximum absolute atomic E-state index is 12.1. The molecule has 2 rings (SSSR count). The highest BCUT2D eigenvalue weighted by molar-refractivity contribution is 5.85. The number of aryl methyl sites for hydroxylation is 1. The Kier molecular flexibility index (Phi) is 6.50. The van der Waals surface area contributed by atoms with Crippen molar-refractivity contribution in [1.29, 1.82) is 0 Å². The summed E-state index contributed by atoms with van der Waals surface area (Å²) >= 11 is 0. The minimum atomic E-state index is -0.128. The Hall–Kier alpha value is -1.06. The van der Waals surface area contributed by atoms with Crippen LogP contribution in [0.15, 0.2) is 24.3 Å². The van der Waals surface area contributed by atoms with Gasteiger partial charge in [0.2, 0.25) is 5.91 Å². The van der Waals surface area contributed by atoms with Crippen LogP contribution in [0.3, 0.4) is 0 Å². The minimum absolute atomic E-state index is 0. The zero-order chi connectivity index (χ0) is 13.7. The van der Waals surface area contributed by atoms with E-state index < -0.39 is 0 Å². The van der Waals surface area contributed by atoms with Crippen LogP contribution >= 0.6 is 12.4 Å². The van der Waals surface area contributed by atoms with Crippen LogP contribution in [0, 0.1) is 6.92 Å². The molecular formula is C16H25ClN2O. The third-order valence-corrected chi connectivity index (χ3v) is 4.01. The van der Waals surface area contributed by atoms with Crippen molar-refractivity contribution in [3.05, 3.63) is 35.4 Å². The molecule has 1 aliphatic carbocycles. The van der Waals surface area contributed by atoms with Gasteiger partial charge in [-0.25, -0.2) is 0 Å². The average molecular weight is 297 g/mol. The summed E-state index contributed by atoms with van der Waals surface area (Å²) in [6, 6.07) is 8.56. The number of benzene rings is 1. The number of halogens is 1. The van der Waals surface area contributed by atoms with Crippen molar-refractivity contribution in [2.24, 2.45) is 0 Å². The lowest BCUT2D eigenvalue weighted by Gasteiger charge is -2.31. The fourth-order valence-corrected chi connectivity index (χ4v) is 2.98. The second kappa shape index (κ2) is 7.65. The van der Waals surface area contributed by atoms with E-state index in [9.17, 15) is 4.79 Å². The van der Waals surface area contributed by atoms with E-state index >= 15 is 0 Å². The highest BCUT2D eigenvalue weighted by Gasteiger charge is 2.36. The summed E-state index contributed by atoms with van der Waals surface area (Å²) in [6.45, 7) is 2.84. The number of nitrogens with one attached hydrogen (secondary N) is 2.